The number of amides is 1. The number of alkyl halides is 1. The van der Waals surface area contributed by atoms with Gasteiger partial charge in [-0.05, 0) is 34.1 Å². The molecular formula is C11H21FN2O2. The van der Waals surface area contributed by atoms with Gasteiger partial charge in [0.05, 0.1) is 6.54 Å². The molecule has 4 nitrogen and oxygen atoms in total. The highest BCUT2D eigenvalue weighted by Crippen LogP contribution is 2.25. The highest BCUT2D eigenvalue weighted by Gasteiger charge is 2.40. The van der Waals surface area contributed by atoms with Crippen molar-refractivity contribution in [3.05, 3.63) is 0 Å². The lowest BCUT2D eigenvalue weighted by Crippen LogP contribution is -2.57. The van der Waals surface area contributed by atoms with Crippen LogP contribution in [0.1, 0.15) is 34.1 Å². The lowest BCUT2D eigenvalue weighted by atomic mass is 9.92. The molecule has 0 aromatic rings. The first-order valence-electron chi connectivity index (χ1n) is 5.54. The summed E-state index contributed by atoms with van der Waals surface area (Å²) in [4.78, 5) is 13.1. The lowest BCUT2D eigenvalue weighted by Gasteiger charge is -2.39. The highest BCUT2D eigenvalue weighted by atomic mass is 19.1. The molecule has 0 bridgehead atoms. The average Bonchev–Trinajstić information content (AvgIpc) is 2.06. The van der Waals surface area contributed by atoms with Crippen LogP contribution in [0.5, 0.6) is 0 Å². The van der Waals surface area contributed by atoms with E-state index in [0.29, 0.717) is 13.0 Å². The molecular weight excluding hydrogens is 211 g/mol. The SMILES string of the molecule is CC(C)(C)OC(=O)N1CC[C@H](N)[C@@](C)(F)C1. The van der Waals surface area contributed by atoms with Gasteiger partial charge in [0.1, 0.15) is 11.3 Å². The first-order chi connectivity index (χ1) is 7.12. The highest BCUT2D eigenvalue weighted by molar-refractivity contribution is 5.68. The zero-order chi connectivity index (χ0) is 12.6. The molecule has 0 aliphatic carbocycles. The van der Waals surface area contributed by atoms with Crippen LogP contribution >= 0.6 is 0 Å². The van der Waals surface area contributed by atoms with Crippen molar-refractivity contribution in [1.29, 1.82) is 0 Å². The minimum absolute atomic E-state index is 0.00306. The Morgan fingerprint density at radius 1 is 1.56 bits per heavy atom. The molecule has 1 heterocycles. The van der Waals surface area contributed by atoms with Gasteiger partial charge in [-0.3, -0.25) is 0 Å². The van der Waals surface area contributed by atoms with E-state index in [-0.39, 0.29) is 6.54 Å². The second kappa shape index (κ2) is 4.20. The number of carbonyl (C=O) groups excluding carboxylic acids is 1. The summed E-state index contributed by atoms with van der Waals surface area (Å²) in [6.45, 7) is 7.24. The second-order valence-electron chi connectivity index (χ2n) is 5.58. The van der Waals surface area contributed by atoms with Gasteiger partial charge in [0.15, 0.2) is 0 Å². The number of ether oxygens (including phenoxy) is 1. The molecule has 16 heavy (non-hydrogen) atoms. The summed E-state index contributed by atoms with van der Waals surface area (Å²) in [5.41, 5.74) is 3.56. The molecule has 1 aliphatic heterocycles. The van der Waals surface area contributed by atoms with Crippen molar-refractivity contribution in [1.82, 2.24) is 4.90 Å². The third-order valence-corrected chi connectivity index (χ3v) is 2.63. The Morgan fingerprint density at radius 2 is 2.12 bits per heavy atom. The summed E-state index contributed by atoms with van der Waals surface area (Å²) in [5, 5.41) is 0. The first-order valence-corrected chi connectivity index (χ1v) is 5.54. The van der Waals surface area contributed by atoms with Crippen LogP contribution in [-0.2, 0) is 4.74 Å². The number of likely N-dealkylation sites (tertiary alicyclic amines) is 1. The summed E-state index contributed by atoms with van der Waals surface area (Å²) in [5.74, 6) is 0. The van der Waals surface area contributed by atoms with Crippen molar-refractivity contribution in [2.24, 2.45) is 5.73 Å². The van der Waals surface area contributed by atoms with Gasteiger partial charge in [-0.2, -0.15) is 0 Å². The molecule has 1 saturated heterocycles. The van der Waals surface area contributed by atoms with E-state index in [1.165, 1.54) is 11.8 Å². The molecule has 1 aliphatic rings. The summed E-state index contributed by atoms with van der Waals surface area (Å²) >= 11 is 0. The molecule has 0 aromatic carbocycles. The topological polar surface area (TPSA) is 55.6 Å². The monoisotopic (exact) mass is 232 g/mol. The van der Waals surface area contributed by atoms with Crippen LogP contribution in [0, 0.1) is 0 Å². The molecule has 0 aromatic heterocycles. The Hall–Kier alpha value is -0.840. The third kappa shape index (κ3) is 3.33. The molecule has 1 rings (SSSR count). The average molecular weight is 232 g/mol. The van der Waals surface area contributed by atoms with Crippen LogP contribution in [0.3, 0.4) is 0 Å². The van der Waals surface area contributed by atoms with E-state index in [2.05, 4.69) is 0 Å². The predicted octanol–water partition coefficient (Wildman–Crippen LogP) is 1.68. The Kier molecular flexibility index (Phi) is 3.47. The maximum absolute atomic E-state index is 13.9. The minimum atomic E-state index is -1.53. The van der Waals surface area contributed by atoms with Crippen molar-refractivity contribution in [3.8, 4) is 0 Å². The largest absolute Gasteiger partial charge is 0.444 e. The van der Waals surface area contributed by atoms with Crippen LogP contribution in [0.4, 0.5) is 9.18 Å². The molecule has 2 atom stereocenters. The van der Waals surface area contributed by atoms with Crippen LogP contribution in [0.2, 0.25) is 0 Å². The van der Waals surface area contributed by atoms with E-state index < -0.39 is 23.4 Å². The number of hydrogen-bond acceptors (Lipinski definition) is 3. The van der Waals surface area contributed by atoms with Crippen molar-refractivity contribution >= 4 is 6.09 Å². The number of halogens is 1. The van der Waals surface area contributed by atoms with E-state index in [9.17, 15) is 9.18 Å². The number of nitrogens with two attached hydrogens (primary N) is 1. The molecule has 94 valence electrons. The van der Waals surface area contributed by atoms with Crippen molar-refractivity contribution in [2.45, 2.75) is 51.4 Å². The number of carbonyl (C=O) groups is 1. The smallest absolute Gasteiger partial charge is 0.410 e. The maximum atomic E-state index is 13.9. The summed E-state index contributed by atoms with van der Waals surface area (Å²) in [6.07, 6.45) is -0.00466. The van der Waals surface area contributed by atoms with Crippen LogP contribution in [-0.4, -0.2) is 41.4 Å². The zero-order valence-electron chi connectivity index (χ0n) is 10.4. The quantitative estimate of drug-likeness (QED) is 0.691. The minimum Gasteiger partial charge on any atom is -0.444 e. The van der Waals surface area contributed by atoms with Crippen LogP contribution in [0.15, 0.2) is 0 Å². The number of rotatable bonds is 0. The normalized spacial score (nSPS) is 31.4. The van der Waals surface area contributed by atoms with Gasteiger partial charge in [0.2, 0.25) is 0 Å². The lowest BCUT2D eigenvalue weighted by molar-refractivity contribution is -0.00670. The summed E-state index contributed by atoms with van der Waals surface area (Å²) in [7, 11) is 0. The summed E-state index contributed by atoms with van der Waals surface area (Å²) < 4.78 is 19.1. The molecule has 0 unspecified atom stereocenters. The number of hydrogen-bond donors (Lipinski definition) is 1. The first kappa shape index (κ1) is 13.2. The zero-order valence-corrected chi connectivity index (χ0v) is 10.4. The van der Waals surface area contributed by atoms with E-state index in [0.717, 1.165) is 0 Å². The van der Waals surface area contributed by atoms with Gasteiger partial charge in [0, 0.05) is 12.6 Å². The van der Waals surface area contributed by atoms with Gasteiger partial charge < -0.3 is 15.4 Å². The molecule has 0 radical (unpaired) electrons. The van der Waals surface area contributed by atoms with Crippen molar-refractivity contribution in [2.75, 3.05) is 13.1 Å². The van der Waals surface area contributed by atoms with E-state index in [1.54, 1.807) is 20.8 Å². The van der Waals surface area contributed by atoms with E-state index in [4.69, 9.17) is 10.5 Å². The third-order valence-electron chi connectivity index (χ3n) is 2.63. The van der Waals surface area contributed by atoms with Gasteiger partial charge in [-0.1, -0.05) is 0 Å². The molecule has 0 saturated carbocycles. The van der Waals surface area contributed by atoms with E-state index >= 15 is 0 Å². The van der Waals surface area contributed by atoms with Gasteiger partial charge in [-0.15, -0.1) is 0 Å². The Morgan fingerprint density at radius 3 is 2.56 bits per heavy atom. The van der Waals surface area contributed by atoms with Crippen LogP contribution < -0.4 is 5.73 Å². The van der Waals surface area contributed by atoms with E-state index in [1.807, 2.05) is 0 Å². The Balaban J connectivity index is 2.60. The molecule has 1 fully saturated rings. The van der Waals surface area contributed by atoms with Gasteiger partial charge >= 0.3 is 6.09 Å². The number of piperidine rings is 1. The summed E-state index contributed by atoms with van der Waals surface area (Å²) in [6, 6.07) is -0.508. The Bertz CT molecular complexity index is 274. The second-order valence-corrected chi connectivity index (χ2v) is 5.58. The predicted molar refractivity (Wildman–Crippen MR) is 59.9 cm³/mol. The standard InChI is InChI=1S/C11H21FN2O2/c1-10(2,3)16-9(15)14-6-5-8(13)11(4,12)7-14/h8H,5-7,13H2,1-4H3/t8-,11-/m0/s1. The maximum Gasteiger partial charge on any atom is 0.410 e. The molecule has 2 N–H and O–H groups in total. The molecule has 0 spiro atoms. The van der Waals surface area contributed by atoms with Crippen molar-refractivity contribution < 1.29 is 13.9 Å². The Labute approximate surface area is 95.9 Å². The van der Waals surface area contributed by atoms with Crippen LogP contribution in [0.25, 0.3) is 0 Å². The fourth-order valence-corrected chi connectivity index (χ4v) is 1.65. The fourth-order valence-electron chi connectivity index (χ4n) is 1.65. The van der Waals surface area contributed by atoms with Gasteiger partial charge in [-0.25, -0.2) is 9.18 Å². The van der Waals surface area contributed by atoms with Gasteiger partial charge in [0.25, 0.3) is 0 Å². The molecule has 1 amide bonds. The number of nitrogens with zero attached hydrogens (tertiary/aromatic N) is 1. The van der Waals surface area contributed by atoms with Crippen molar-refractivity contribution in [3.63, 3.8) is 0 Å². The fraction of sp³-hybridized carbons (Fsp3) is 0.909. The molecule has 5 heteroatoms.